The Kier molecular flexibility index (Phi) is 3.48. The average Bonchev–Trinajstić information content (AvgIpc) is 2.28. The largest absolute Gasteiger partial charge is 0.508 e. The predicted octanol–water partition coefficient (Wildman–Crippen LogP) is 4.26. The Labute approximate surface area is 103 Å². The van der Waals surface area contributed by atoms with Gasteiger partial charge in [-0.15, -0.1) is 0 Å². The van der Waals surface area contributed by atoms with Gasteiger partial charge < -0.3 is 5.11 Å². The van der Waals surface area contributed by atoms with Crippen molar-refractivity contribution in [3.63, 3.8) is 0 Å². The van der Waals surface area contributed by atoms with Crippen LogP contribution in [0.2, 0.25) is 0 Å². The van der Waals surface area contributed by atoms with E-state index in [1.165, 1.54) is 5.56 Å². The Morgan fingerprint density at radius 1 is 0.941 bits per heavy atom. The van der Waals surface area contributed by atoms with E-state index in [0.29, 0.717) is 11.7 Å². The molecule has 0 amide bonds. The lowest BCUT2D eigenvalue weighted by Gasteiger charge is -2.09. The molecule has 0 atom stereocenters. The second-order valence-electron chi connectivity index (χ2n) is 4.85. The van der Waals surface area contributed by atoms with Crippen molar-refractivity contribution >= 4 is 0 Å². The molecule has 2 aromatic carbocycles. The van der Waals surface area contributed by atoms with Crippen molar-refractivity contribution in [1.29, 1.82) is 0 Å². The summed E-state index contributed by atoms with van der Waals surface area (Å²) in [7, 11) is 0. The van der Waals surface area contributed by atoms with Gasteiger partial charge in [0.05, 0.1) is 0 Å². The lowest BCUT2D eigenvalue weighted by Crippen LogP contribution is -1.94. The summed E-state index contributed by atoms with van der Waals surface area (Å²) in [5, 5.41) is 9.77. The monoisotopic (exact) mass is 226 g/mol. The summed E-state index contributed by atoms with van der Waals surface area (Å²) in [6.45, 7) is 4.37. The SMILES string of the molecule is CC(C)Cc1cc(O)cc(-c2ccccc2)c1. The second kappa shape index (κ2) is 5.05. The molecule has 0 unspecified atom stereocenters. The van der Waals surface area contributed by atoms with Crippen LogP contribution in [-0.2, 0) is 6.42 Å². The molecule has 0 aliphatic carbocycles. The van der Waals surface area contributed by atoms with Crippen molar-refractivity contribution in [3.05, 3.63) is 54.1 Å². The Bertz CT molecular complexity index is 486. The van der Waals surface area contributed by atoms with Gasteiger partial charge in [0.1, 0.15) is 5.75 Å². The van der Waals surface area contributed by atoms with E-state index in [0.717, 1.165) is 17.5 Å². The minimum atomic E-state index is 0.349. The Hall–Kier alpha value is -1.76. The first-order valence-electron chi connectivity index (χ1n) is 6.03. The van der Waals surface area contributed by atoms with Gasteiger partial charge in [0, 0.05) is 0 Å². The van der Waals surface area contributed by atoms with E-state index in [9.17, 15) is 5.11 Å². The molecular weight excluding hydrogens is 208 g/mol. The van der Waals surface area contributed by atoms with Gasteiger partial charge in [0.25, 0.3) is 0 Å². The van der Waals surface area contributed by atoms with E-state index >= 15 is 0 Å². The van der Waals surface area contributed by atoms with Crippen LogP contribution in [0.1, 0.15) is 19.4 Å². The number of phenols is 1. The van der Waals surface area contributed by atoms with Crippen molar-refractivity contribution in [2.24, 2.45) is 5.92 Å². The van der Waals surface area contributed by atoms with Crippen LogP contribution < -0.4 is 0 Å². The summed E-state index contributed by atoms with van der Waals surface area (Å²) in [6.07, 6.45) is 0.994. The van der Waals surface area contributed by atoms with Gasteiger partial charge in [0.15, 0.2) is 0 Å². The van der Waals surface area contributed by atoms with Crippen molar-refractivity contribution in [2.75, 3.05) is 0 Å². The summed E-state index contributed by atoms with van der Waals surface area (Å²) in [5.74, 6) is 0.947. The van der Waals surface area contributed by atoms with Crippen LogP contribution in [-0.4, -0.2) is 5.11 Å². The molecule has 0 aliphatic heterocycles. The molecule has 0 bridgehead atoms. The zero-order chi connectivity index (χ0) is 12.3. The fourth-order valence-electron chi connectivity index (χ4n) is 2.06. The first kappa shape index (κ1) is 11.7. The molecule has 1 heteroatoms. The van der Waals surface area contributed by atoms with Crippen LogP contribution >= 0.6 is 0 Å². The zero-order valence-electron chi connectivity index (χ0n) is 10.4. The van der Waals surface area contributed by atoms with Gasteiger partial charge in [-0.2, -0.15) is 0 Å². The highest BCUT2D eigenvalue weighted by Gasteiger charge is 2.04. The molecule has 0 spiro atoms. The lowest BCUT2D eigenvalue weighted by atomic mass is 9.97. The van der Waals surface area contributed by atoms with Crippen molar-refractivity contribution in [3.8, 4) is 16.9 Å². The first-order valence-corrected chi connectivity index (χ1v) is 6.03. The summed E-state index contributed by atoms with van der Waals surface area (Å²) >= 11 is 0. The predicted molar refractivity (Wildman–Crippen MR) is 72.1 cm³/mol. The molecule has 0 radical (unpaired) electrons. The van der Waals surface area contributed by atoms with Gasteiger partial charge in [-0.25, -0.2) is 0 Å². The molecule has 0 heterocycles. The van der Waals surface area contributed by atoms with Crippen LogP contribution in [0.25, 0.3) is 11.1 Å². The fraction of sp³-hybridized carbons (Fsp3) is 0.250. The molecule has 2 rings (SSSR count). The Morgan fingerprint density at radius 2 is 1.65 bits per heavy atom. The van der Waals surface area contributed by atoms with E-state index in [2.05, 4.69) is 32.0 Å². The van der Waals surface area contributed by atoms with Crippen LogP contribution in [0.15, 0.2) is 48.5 Å². The van der Waals surface area contributed by atoms with E-state index in [4.69, 9.17) is 0 Å². The Balaban J connectivity index is 2.38. The minimum Gasteiger partial charge on any atom is -0.508 e. The fourth-order valence-corrected chi connectivity index (χ4v) is 2.06. The highest BCUT2D eigenvalue weighted by molar-refractivity contribution is 5.65. The summed E-state index contributed by atoms with van der Waals surface area (Å²) in [4.78, 5) is 0. The smallest absolute Gasteiger partial charge is 0.116 e. The topological polar surface area (TPSA) is 20.2 Å². The number of hydrogen-bond acceptors (Lipinski definition) is 1. The normalized spacial score (nSPS) is 10.8. The van der Waals surface area contributed by atoms with Gasteiger partial charge in [-0.1, -0.05) is 50.2 Å². The van der Waals surface area contributed by atoms with E-state index in [1.807, 2.05) is 30.3 Å². The molecule has 0 aliphatic rings. The lowest BCUT2D eigenvalue weighted by molar-refractivity contribution is 0.474. The van der Waals surface area contributed by atoms with Gasteiger partial charge in [-0.05, 0) is 41.2 Å². The third kappa shape index (κ3) is 3.10. The quantitative estimate of drug-likeness (QED) is 0.829. The van der Waals surface area contributed by atoms with Gasteiger partial charge in [-0.3, -0.25) is 0 Å². The molecule has 0 fully saturated rings. The van der Waals surface area contributed by atoms with Crippen molar-refractivity contribution < 1.29 is 5.11 Å². The summed E-state index contributed by atoms with van der Waals surface area (Å²) in [6, 6.07) is 16.0. The third-order valence-electron chi connectivity index (χ3n) is 2.73. The molecular formula is C16H18O. The average molecular weight is 226 g/mol. The van der Waals surface area contributed by atoms with Crippen LogP contribution in [0, 0.1) is 5.92 Å². The molecule has 0 saturated carbocycles. The minimum absolute atomic E-state index is 0.349. The van der Waals surface area contributed by atoms with E-state index in [1.54, 1.807) is 0 Å². The number of aromatic hydroxyl groups is 1. The van der Waals surface area contributed by atoms with E-state index in [-0.39, 0.29) is 0 Å². The van der Waals surface area contributed by atoms with Gasteiger partial charge >= 0.3 is 0 Å². The van der Waals surface area contributed by atoms with Crippen LogP contribution in [0.3, 0.4) is 0 Å². The highest BCUT2D eigenvalue weighted by atomic mass is 16.3. The standard InChI is InChI=1S/C16H18O/c1-12(2)8-13-9-15(11-16(17)10-13)14-6-4-3-5-7-14/h3-7,9-12,17H,8H2,1-2H3. The van der Waals surface area contributed by atoms with Gasteiger partial charge in [0.2, 0.25) is 0 Å². The maximum Gasteiger partial charge on any atom is 0.116 e. The molecule has 0 aromatic heterocycles. The second-order valence-corrected chi connectivity index (χ2v) is 4.85. The number of phenolic OH excluding ortho intramolecular Hbond substituents is 1. The highest BCUT2D eigenvalue weighted by Crippen LogP contribution is 2.26. The Morgan fingerprint density at radius 3 is 2.29 bits per heavy atom. The number of benzene rings is 2. The zero-order valence-corrected chi connectivity index (χ0v) is 10.4. The van der Waals surface area contributed by atoms with Crippen molar-refractivity contribution in [2.45, 2.75) is 20.3 Å². The maximum absolute atomic E-state index is 9.77. The number of hydrogen-bond donors (Lipinski definition) is 1. The molecule has 0 saturated heterocycles. The third-order valence-corrected chi connectivity index (χ3v) is 2.73. The molecule has 88 valence electrons. The molecule has 2 aromatic rings. The molecule has 1 nitrogen and oxygen atoms in total. The first-order chi connectivity index (χ1) is 8.15. The maximum atomic E-state index is 9.77. The van der Waals surface area contributed by atoms with Crippen molar-refractivity contribution in [1.82, 2.24) is 0 Å². The summed E-state index contributed by atoms with van der Waals surface area (Å²) in [5.41, 5.74) is 3.42. The van der Waals surface area contributed by atoms with Crippen LogP contribution in [0.5, 0.6) is 5.75 Å². The summed E-state index contributed by atoms with van der Waals surface area (Å²) < 4.78 is 0. The number of rotatable bonds is 3. The molecule has 1 N–H and O–H groups in total. The molecule has 17 heavy (non-hydrogen) atoms. The van der Waals surface area contributed by atoms with E-state index < -0.39 is 0 Å². The van der Waals surface area contributed by atoms with Crippen LogP contribution in [0.4, 0.5) is 0 Å².